The van der Waals surface area contributed by atoms with Crippen LogP contribution >= 0.6 is 0 Å². The fourth-order valence-corrected chi connectivity index (χ4v) is 3.56. The Hall–Kier alpha value is -2.69. The number of anilines is 3. The zero-order chi connectivity index (χ0) is 22.3. The first-order chi connectivity index (χ1) is 15.1. The van der Waals surface area contributed by atoms with Gasteiger partial charge >= 0.3 is 0 Å². The Morgan fingerprint density at radius 2 is 1.26 bits per heavy atom. The molecule has 0 heterocycles. The lowest BCUT2D eigenvalue weighted by Crippen LogP contribution is -2.33. The number of carbonyl (C=O) groups excluding carboxylic acids is 1. The predicted molar refractivity (Wildman–Crippen MR) is 131 cm³/mol. The van der Waals surface area contributed by atoms with E-state index in [1.165, 1.54) is 51.4 Å². The number of nitrogens with one attached hydrogen (secondary N) is 1. The van der Waals surface area contributed by atoms with Gasteiger partial charge in [-0.05, 0) is 61.4 Å². The normalized spacial score (nSPS) is 11.8. The Morgan fingerprint density at radius 3 is 1.81 bits per heavy atom. The fraction of sp³-hybridized carbons (Fsp3) is 0.500. The highest BCUT2D eigenvalue weighted by Crippen LogP contribution is 2.20. The number of benzene rings is 2. The summed E-state index contributed by atoms with van der Waals surface area (Å²) in [6.45, 7) is 2.25. The molecule has 5 heteroatoms. The first kappa shape index (κ1) is 24.6. The molecule has 31 heavy (non-hydrogen) atoms. The van der Waals surface area contributed by atoms with Gasteiger partial charge in [-0.3, -0.25) is 4.79 Å². The second-order valence-electron chi connectivity index (χ2n) is 8.26. The first-order valence-electron chi connectivity index (χ1n) is 11.8. The van der Waals surface area contributed by atoms with Crippen molar-refractivity contribution in [1.29, 1.82) is 0 Å². The van der Waals surface area contributed by atoms with E-state index in [1.807, 2.05) is 0 Å². The summed E-state index contributed by atoms with van der Waals surface area (Å²) in [5, 5.41) is 2.94. The second kappa shape index (κ2) is 14.3. The summed E-state index contributed by atoms with van der Waals surface area (Å²) >= 11 is 0. The Labute approximate surface area is 187 Å². The third kappa shape index (κ3) is 10.3. The standard InChI is InChI=1S/C26H39N3O2/c1-2-3-4-5-6-7-8-9-10-11-12-25(31-24-19-15-22(28)16-20-24)26(30)29-23-17-13-21(27)14-18-23/h13-20,25H,2-12,27-28H2,1H3,(H,29,30). The summed E-state index contributed by atoms with van der Waals surface area (Å²) in [5.41, 5.74) is 13.5. The Bertz CT molecular complexity index is 744. The van der Waals surface area contributed by atoms with Crippen molar-refractivity contribution < 1.29 is 9.53 Å². The van der Waals surface area contributed by atoms with Crippen molar-refractivity contribution in [2.75, 3.05) is 16.8 Å². The van der Waals surface area contributed by atoms with Gasteiger partial charge < -0.3 is 21.5 Å². The van der Waals surface area contributed by atoms with Crippen LogP contribution in [0.3, 0.4) is 0 Å². The van der Waals surface area contributed by atoms with Crippen LogP contribution in [0.2, 0.25) is 0 Å². The third-order valence-corrected chi connectivity index (χ3v) is 5.45. The quantitative estimate of drug-likeness (QED) is 0.223. The number of unbranched alkanes of at least 4 members (excludes halogenated alkanes) is 9. The van der Waals surface area contributed by atoms with Gasteiger partial charge in [0.25, 0.3) is 5.91 Å². The number of hydrogen-bond donors (Lipinski definition) is 3. The second-order valence-corrected chi connectivity index (χ2v) is 8.26. The van der Waals surface area contributed by atoms with Gasteiger partial charge in [-0.25, -0.2) is 0 Å². The molecule has 1 atom stereocenters. The van der Waals surface area contributed by atoms with Crippen molar-refractivity contribution in [1.82, 2.24) is 0 Å². The summed E-state index contributed by atoms with van der Waals surface area (Å²) in [6, 6.07) is 14.3. The zero-order valence-corrected chi connectivity index (χ0v) is 18.9. The molecule has 0 aliphatic heterocycles. The highest BCUT2D eigenvalue weighted by atomic mass is 16.5. The molecule has 1 unspecified atom stereocenters. The van der Waals surface area contributed by atoms with E-state index in [0.29, 0.717) is 29.2 Å². The summed E-state index contributed by atoms with van der Waals surface area (Å²) in [4.78, 5) is 12.9. The zero-order valence-electron chi connectivity index (χ0n) is 18.9. The largest absolute Gasteiger partial charge is 0.481 e. The van der Waals surface area contributed by atoms with E-state index in [4.69, 9.17) is 16.2 Å². The number of nitrogens with two attached hydrogens (primary N) is 2. The molecule has 0 aromatic heterocycles. The lowest BCUT2D eigenvalue weighted by molar-refractivity contribution is -0.123. The monoisotopic (exact) mass is 425 g/mol. The van der Waals surface area contributed by atoms with Crippen LogP contribution in [0, 0.1) is 0 Å². The molecule has 0 saturated carbocycles. The number of rotatable bonds is 15. The van der Waals surface area contributed by atoms with E-state index in [2.05, 4.69) is 12.2 Å². The molecule has 0 aliphatic carbocycles. The maximum atomic E-state index is 12.9. The molecule has 0 aliphatic rings. The van der Waals surface area contributed by atoms with Crippen LogP contribution < -0.4 is 21.5 Å². The number of ether oxygens (including phenoxy) is 1. The average molecular weight is 426 g/mol. The molecule has 0 fully saturated rings. The van der Waals surface area contributed by atoms with Crippen molar-refractivity contribution in [3.8, 4) is 5.75 Å². The van der Waals surface area contributed by atoms with Crippen molar-refractivity contribution in [3.63, 3.8) is 0 Å². The minimum atomic E-state index is -0.546. The molecule has 2 rings (SSSR count). The van der Waals surface area contributed by atoms with E-state index >= 15 is 0 Å². The van der Waals surface area contributed by atoms with Gasteiger partial charge in [0.05, 0.1) is 0 Å². The van der Waals surface area contributed by atoms with Crippen molar-refractivity contribution in [2.24, 2.45) is 0 Å². The van der Waals surface area contributed by atoms with Gasteiger partial charge in [-0.2, -0.15) is 0 Å². The molecule has 2 aromatic rings. The van der Waals surface area contributed by atoms with Gasteiger partial charge in [0.15, 0.2) is 6.10 Å². The molecule has 5 N–H and O–H groups in total. The van der Waals surface area contributed by atoms with Crippen LogP contribution in [-0.4, -0.2) is 12.0 Å². The minimum absolute atomic E-state index is 0.141. The van der Waals surface area contributed by atoms with Gasteiger partial charge in [0, 0.05) is 17.1 Å². The van der Waals surface area contributed by atoms with Crippen molar-refractivity contribution in [2.45, 2.75) is 83.7 Å². The first-order valence-corrected chi connectivity index (χ1v) is 11.8. The van der Waals surface area contributed by atoms with Crippen LogP contribution in [0.15, 0.2) is 48.5 Å². The summed E-state index contributed by atoms with van der Waals surface area (Å²) < 4.78 is 6.02. The van der Waals surface area contributed by atoms with E-state index < -0.39 is 6.10 Å². The van der Waals surface area contributed by atoms with Gasteiger partial charge in [-0.15, -0.1) is 0 Å². The molecule has 1 amide bonds. The molecule has 2 aromatic carbocycles. The van der Waals surface area contributed by atoms with Crippen LogP contribution in [-0.2, 0) is 4.79 Å². The highest BCUT2D eigenvalue weighted by Gasteiger charge is 2.20. The van der Waals surface area contributed by atoms with Crippen LogP contribution in [0.1, 0.15) is 77.6 Å². The molecule has 0 spiro atoms. The Kier molecular flexibility index (Phi) is 11.4. The highest BCUT2D eigenvalue weighted by molar-refractivity contribution is 5.94. The molecule has 170 valence electrons. The SMILES string of the molecule is CCCCCCCCCCCCC(Oc1ccc(N)cc1)C(=O)Nc1ccc(N)cc1. The van der Waals surface area contributed by atoms with E-state index in [1.54, 1.807) is 48.5 Å². The number of amides is 1. The van der Waals surface area contributed by atoms with E-state index in [9.17, 15) is 4.79 Å². The Balaban J connectivity index is 1.79. The van der Waals surface area contributed by atoms with Crippen LogP contribution in [0.5, 0.6) is 5.75 Å². The van der Waals surface area contributed by atoms with Gasteiger partial charge in [-0.1, -0.05) is 64.7 Å². The molecule has 0 bridgehead atoms. The maximum absolute atomic E-state index is 12.9. The number of nitrogen functional groups attached to an aromatic ring is 2. The van der Waals surface area contributed by atoms with Crippen LogP contribution in [0.4, 0.5) is 17.1 Å². The van der Waals surface area contributed by atoms with Crippen molar-refractivity contribution >= 4 is 23.0 Å². The van der Waals surface area contributed by atoms with E-state index in [0.717, 1.165) is 12.8 Å². The maximum Gasteiger partial charge on any atom is 0.265 e. The third-order valence-electron chi connectivity index (χ3n) is 5.45. The smallest absolute Gasteiger partial charge is 0.265 e. The average Bonchev–Trinajstić information content (AvgIpc) is 2.77. The minimum Gasteiger partial charge on any atom is -0.481 e. The molecular weight excluding hydrogens is 386 g/mol. The molecule has 0 saturated heterocycles. The molecule has 0 radical (unpaired) electrons. The summed E-state index contributed by atoms with van der Waals surface area (Å²) in [7, 11) is 0. The summed E-state index contributed by atoms with van der Waals surface area (Å²) in [6.07, 6.45) is 12.7. The van der Waals surface area contributed by atoms with Crippen molar-refractivity contribution in [3.05, 3.63) is 48.5 Å². The fourth-order valence-electron chi connectivity index (χ4n) is 3.56. The Morgan fingerprint density at radius 1 is 0.774 bits per heavy atom. The lowest BCUT2D eigenvalue weighted by Gasteiger charge is -2.19. The lowest BCUT2D eigenvalue weighted by atomic mass is 10.0. The van der Waals surface area contributed by atoms with Crippen LogP contribution in [0.25, 0.3) is 0 Å². The summed E-state index contributed by atoms with van der Waals surface area (Å²) in [5.74, 6) is 0.510. The molecule has 5 nitrogen and oxygen atoms in total. The topological polar surface area (TPSA) is 90.4 Å². The van der Waals surface area contributed by atoms with Gasteiger partial charge in [0.1, 0.15) is 5.75 Å². The number of carbonyl (C=O) groups is 1. The predicted octanol–water partition coefficient (Wildman–Crippen LogP) is 6.55. The van der Waals surface area contributed by atoms with E-state index in [-0.39, 0.29) is 5.91 Å². The molecular formula is C26H39N3O2. The van der Waals surface area contributed by atoms with Gasteiger partial charge in [0.2, 0.25) is 0 Å². The number of hydrogen-bond acceptors (Lipinski definition) is 4.